The fourth-order valence-electron chi connectivity index (χ4n) is 7.14. The van der Waals surface area contributed by atoms with Crippen LogP contribution in [0.15, 0.2) is 23.8 Å². The Bertz CT molecular complexity index is 888. The molecule has 0 radical (unpaired) electrons. The van der Waals surface area contributed by atoms with Gasteiger partial charge in [-0.1, -0.05) is 17.6 Å². The van der Waals surface area contributed by atoms with Gasteiger partial charge in [-0.2, -0.15) is 0 Å². The van der Waals surface area contributed by atoms with E-state index in [2.05, 4.69) is 24.1 Å². The van der Waals surface area contributed by atoms with Gasteiger partial charge in [0.2, 0.25) is 0 Å². The van der Waals surface area contributed by atoms with Crippen LogP contribution in [0.3, 0.4) is 0 Å². The topological polar surface area (TPSA) is 49.7 Å². The van der Waals surface area contributed by atoms with E-state index in [9.17, 15) is 10.2 Å². The Morgan fingerprint density at radius 2 is 1.93 bits per heavy atom. The predicted octanol–water partition coefficient (Wildman–Crippen LogP) is 5.03. The van der Waals surface area contributed by atoms with Crippen LogP contribution in [0.2, 0.25) is 0 Å². The molecule has 0 heterocycles. The highest BCUT2D eigenvalue weighted by atomic mass is 16.5. The molecular formula is C27H34O3. The van der Waals surface area contributed by atoms with Crippen LogP contribution in [-0.2, 0) is 6.42 Å². The summed E-state index contributed by atoms with van der Waals surface area (Å²) in [6, 6.07) is 6.71. The molecule has 0 saturated heterocycles. The summed E-state index contributed by atoms with van der Waals surface area (Å²) in [6.45, 7) is 0.160. The number of aliphatic hydroxyl groups excluding tert-OH is 1. The summed E-state index contributed by atoms with van der Waals surface area (Å²) < 4.78 is 6.25. The minimum absolute atomic E-state index is 0.160. The number of fused-ring (bicyclic) bond motifs is 4. The number of aryl methyl sites for hydroxylation is 1. The maximum Gasteiger partial charge on any atom is 0.131 e. The molecular weight excluding hydrogens is 372 g/mol. The van der Waals surface area contributed by atoms with Gasteiger partial charge in [0, 0.05) is 12.0 Å². The molecule has 0 aliphatic heterocycles. The van der Waals surface area contributed by atoms with Crippen LogP contribution in [0.1, 0.15) is 81.8 Å². The van der Waals surface area contributed by atoms with Crippen molar-refractivity contribution in [1.82, 2.24) is 0 Å². The lowest BCUT2D eigenvalue weighted by atomic mass is 9.56. The molecule has 4 aliphatic carbocycles. The molecule has 5 rings (SSSR count). The van der Waals surface area contributed by atoms with E-state index in [1.54, 1.807) is 0 Å². The van der Waals surface area contributed by atoms with Crippen molar-refractivity contribution in [2.45, 2.75) is 88.8 Å². The number of allylic oxidation sites excluding steroid dienone is 2. The molecule has 160 valence electrons. The first-order valence-electron chi connectivity index (χ1n) is 11.9. The van der Waals surface area contributed by atoms with Crippen molar-refractivity contribution in [2.24, 2.45) is 11.3 Å². The van der Waals surface area contributed by atoms with Crippen molar-refractivity contribution in [2.75, 3.05) is 6.61 Å². The van der Waals surface area contributed by atoms with Crippen molar-refractivity contribution in [3.8, 4) is 18.1 Å². The lowest BCUT2D eigenvalue weighted by Crippen LogP contribution is -2.48. The molecule has 4 aliphatic rings. The Balaban J connectivity index is 1.47. The highest BCUT2D eigenvalue weighted by Gasteiger charge is 2.60. The van der Waals surface area contributed by atoms with Crippen LogP contribution in [0.25, 0.3) is 5.57 Å². The standard InChI is InChI=1S/C27H34O3/c1-2-27(29)16-13-25-24-10-8-19-18-21(30-20-6-3-4-7-20)9-11-22(19)23(24)12-15-26(25,27)14-5-17-28/h1,9,11,18,20,25,28-29H,3-8,10,12-17H2/t25-,26-,27-/m0/s1. The molecule has 2 saturated carbocycles. The Kier molecular flexibility index (Phi) is 5.20. The molecule has 3 nitrogen and oxygen atoms in total. The van der Waals surface area contributed by atoms with E-state index < -0.39 is 5.60 Å². The summed E-state index contributed by atoms with van der Waals surface area (Å²) in [6.07, 6.45) is 18.3. The predicted molar refractivity (Wildman–Crippen MR) is 119 cm³/mol. The smallest absolute Gasteiger partial charge is 0.131 e. The maximum absolute atomic E-state index is 11.4. The van der Waals surface area contributed by atoms with Crippen molar-refractivity contribution in [3.63, 3.8) is 0 Å². The van der Waals surface area contributed by atoms with Gasteiger partial charge >= 0.3 is 0 Å². The van der Waals surface area contributed by atoms with Crippen LogP contribution in [0, 0.1) is 23.7 Å². The van der Waals surface area contributed by atoms with Gasteiger partial charge in [0.25, 0.3) is 0 Å². The summed E-state index contributed by atoms with van der Waals surface area (Å²) >= 11 is 0. The van der Waals surface area contributed by atoms with Gasteiger partial charge in [-0.25, -0.2) is 0 Å². The highest BCUT2D eigenvalue weighted by Crippen LogP contribution is 2.63. The summed E-state index contributed by atoms with van der Waals surface area (Å²) in [5.41, 5.74) is 4.52. The van der Waals surface area contributed by atoms with Gasteiger partial charge in [-0.15, -0.1) is 6.42 Å². The lowest BCUT2D eigenvalue weighted by molar-refractivity contribution is -0.0434. The molecule has 30 heavy (non-hydrogen) atoms. The normalized spacial score (nSPS) is 33.0. The van der Waals surface area contributed by atoms with E-state index in [1.807, 2.05) is 0 Å². The van der Waals surface area contributed by atoms with Crippen LogP contribution in [-0.4, -0.2) is 28.5 Å². The first-order valence-corrected chi connectivity index (χ1v) is 11.9. The summed E-state index contributed by atoms with van der Waals surface area (Å²) in [7, 11) is 0. The average molecular weight is 407 g/mol. The van der Waals surface area contributed by atoms with Gasteiger partial charge in [-0.3, -0.25) is 0 Å². The number of terminal acetylenes is 1. The molecule has 3 atom stereocenters. The summed E-state index contributed by atoms with van der Waals surface area (Å²) in [5.74, 6) is 4.15. The van der Waals surface area contributed by atoms with Crippen LogP contribution in [0.4, 0.5) is 0 Å². The number of hydrogen-bond donors (Lipinski definition) is 2. The number of hydrogen-bond acceptors (Lipinski definition) is 3. The molecule has 2 fully saturated rings. The second-order valence-electron chi connectivity index (χ2n) is 9.93. The minimum atomic E-state index is -1.04. The van der Waals surface area contributed by atoms with E-state index in [1.165, 1.54) is 48.0 Å². The molecule has 1 aromatic rings. The first-order chi connectivity index (χ1) is 14.6. The fraction of sp³-hybridized carbons (Fsp3) is 0.630. The SMILES string of the molecule is C#C[C@]1(O)CC[C@H]2C3=C(CC[C@@]21CCCO)c1ccc(OC2CCCC2)cc1CC3. The second kappa shape index (κ2) is 7.74. The molecule has 0 bridgehead atoms. The van der Waals surface area contributed by atoms with Crippen molar-refractivity contribution in [3.05, 3.63) is 34.9 Å². The van der Waals surface area contributed by atoms with Crippen molar-refractivity contribution >= 4 is 5.57 Å². The van der Waals surface area contributed by atoms with Crippen LogP contribution in [0.5, 0.6) is 5.75 Å². The molecule has 0 aromatic heterocycles. The zero-order chi connectivity index (χ0) is 20.8. The number of aliphatic hydroxyl groups is 2. The zero-order valence-corrected chi connectivity index (χ0v) is 18.0. The van der Waals surface area contributed by atoms with E-state index in [4.69, 9.17) is 11.2 Å². The summed E-state index contributed by atoms with van der Waals surface area (Å²) in [5, 5.41) is 20.9. The fourth-order valence-corrected chi connectivity index (χ4v) is 7.14. The van der Waals surface area contributed by atoms with Gasteiger partial charge < -0.3 is 14.9 Å². The molecule has 0 unspecified atom stereocenters. The monoisotopic (exact) mass is 406 g/mol. The number of ether oxygens (including phenoxy) is 1. The third-order valence-corrected chi connectivity index (χ3v) is 8.61. The average Bonchev–Trinajstić information content (AvgIpc) is 3.38. The third kappa shape index (κ3) is 3.03. The van der Waals surface area contributed by atoms with E-state index >= 15 is 0 Å². The van der Waals surface area contributed by atoms with E-state index in [0.717, 1.165) is 44.3 Å². The van der Waals surface area contributed by atoms with E-state index in [-0.39, 0.29) is 12.0 Å². The molecule has 0 spiro atoms. The number of rotatable bonds is 5. The maximum atomic E-state index is 11.4. The van der Waals surface area contributed by atoms with Gasteiger partial charge in [0.15, 0.2) is 0 Å². The molecule has 2 N–H and O–H groups in total. The van der Waals surface area contributed by atoms with Crippen LogP contribution < -0.4 is 4.74 Å². The lowest BCUT2D eigenvalue weighted by Gasteiger charge is -2.49. The van der Waals surface area contributed by atoms with Crippen molar-refractivity contribution < 1.29 is 14.9 Å². The Labute approximate surface area is 180 Å². The zero-order valence-electron chi connectivity index (χ0n) is 18.0. The van der Waals surface area contributed by atoms with Crippen molar-refractivity contribution in [1.29, 1.82) is 0 Å². The Morgan fingerprint density at radius 3 is 2.70 bits per heavy atom. The van der Waals surface area contributed by atoms with Gasteiger partial charge in [-0.05, 0) is 112 Å². The molecule has 0 amide bonds. The Hall–Kier alpha value is -1.76. The van der Waals surface area contributed by atoms with Crippen LogP contribution >= 0.6 is 0 Å². The van der Waals surface area contributed by atoms with E-state index in [0.29, 0.717) is 24.9 Å². The third-order valence-electron chi connectivity index (χ3n) is 8.61. The second-order valence-corrected chi connectivity index (χ2v) is 9.93. The largest absolute Gasteiger partial charge is 0.490 e. The first kappa shape index (κ1) is 20.2. The summed E-state index contributed by atoms with van der Waals surface area (Å²) in [4.78, 5) is 0. The highest BCUT2D eigenvalue weighted by molar-refractivity contribution is 5.75. The molecule has 3 heteroatoms. The van der Waals surface area contributed by atoms with Gasteiger partial charge in [0.1, 0.15) is 11.4 Å². The minimum Gasteiger partial charge on any atom is -0.490 e. The quantitative estimate of drug-likeness (QED) is 0.674. The molecule has 1 aromatic carbocycles. The number of benzene rings is 1. The Morgan fingerprint density at radius 1 is 1.10 bits per heavy atom. The van der Waals surface area contributed by atoms with Gasteiger partial charge in [0.05, 0.1) is 6.10 Å².